The molecule has 0 aliphatic heterocycles. The van der Waals surface area contributed by atoms with Crippen LogP contribution in [0.1, 0.15) is 35.3 Å². The third-order valence-corrected chi connectivity index (χ3v) is 7.73. The summed E-state index contributed by atoms with van der Waals surface area (Å²) < 4.78 is 30.7. The molecule has 0 atom stereocenters. The quantitative estimate of drug-likeness (QED) is 0.389. The Morgan fingerprint density at radius 2 is 1.66 bits per heavy atom. The summed E-state index contributed by atoms with van der Waals surface area (Å²) in [5.74, 6) is 0.740. The second-order valence-corrected chi connectivity index (χ2v) is 10.3. The van der Waals surface area contributed by atoms with Crippen molar-refractivity contribution >= 4 is 32.7 Å². The molecule has 1 N–H and O–H groups in total. The van der Waals surface area contributed by atoms with Gasteiger partial charge in [0.15, 0.2) is 0 Å². The van der Waals surface area contributed by atoms with Crippen LogP contribution in [0.4, 0.5) is 5.69 Å². The fourth-order valence-electron chi connectivity index (χ4n) is 4.18. The zero-order chi connectivity index (χ0) is 25.3. The molecule has 3 aromatic carbocycles. The minimum atomic E-state index is -3.74. The Morgan fingerprint density at radius 1 is 0.971 bits per heavy atom. The van der Waals surface area contributed by atoms with Gasteiger partial charge in [0.2, 0.25) is 0 Å². The average Bonchev–Trinajstić information content (AvgIpc) is 3.16. The molecule has 0 radical (unpaired) electrons. The number of amides is 1. The van der Waals surface area contributed by atoms with Crippen LogP contribution in [0.2, 0.25) is 0 Å². The van der Waals surface area contributed by atoms with E-state index < -0.39 is 10.0 Å². The molecule has 35 heavy (non-hydrogen) atoms. The third kappa shape index (κ3) is 4.79. The third-order valence-electron chi connectivity index (χ3n) is 6.21. The van der Waals surface area contributed by atoms with Gasteiger partial charge in [-0.15, -0.1) is 0 Å². The summed E-state index contributed by atoms with van der Waals surface area (Å²) in [6.45, 7) is 8.90. The van der Waals surface area contributed by atoms with E-state index in [1.54, 1.807) is 36.1 Å². The minimum absolute atomic E-state index is 0.00678. The van der Waals surface area contributed by atoms with E-state index in [-0.39, 0.29) is 10.8 Å². The number of fused-ring (bicyclic) bond motifs is 1. The summed E-state index contributed by atoms with van der Waals surface area (Å²) in [7, 11) is -1.82. The number of nitrogens with zero attached hydrogens (tertiary/aromatic N) is 3. The summed E-state index contributed by atoms with van der Waals surface area (Å²) in [6, 6.07) is 18.1. The van der Waals surface area contributed by atoms with Crippen LogP contribution in [0.15, 0.2) is 65.6 Å². The van der Waals surface area contributed by atoms with Gasteiger partial charge in [0, 0.05) is 31.3 Å². The molecule has 0 unspecified atom stereocenters. The zero-order valence-corrected chi connectivity index (χ0v) is 21.5. The number of carbonyl (C=O) groups excluding carboxylic acids is 1. The topological polar surface area (TPSA) is 84.3 Å². The lowest BCUT2D eigenvalue weighted by Gasteiger charge is -2.18. The van der Waals surface area contributed by atoms with Gasteiger partial charge in [-0.05, 0) is 75.2 Å². The molecule has 0 spiro atoms. The van der Waals surface area contributed by atoms with Gasteiger partial charge in [-0.1, -0.05) is 24.3 Å². The second kappa shape index (κ2) is 9.54. The Bertz CT molecular complexity index is 1500. The Hall–Kier alpha value is -3.65. The van der Waals surface area contributed by atoms with Crippen molar-refractivity contribution < 1.29 is 13.2 Å². The molecule has 0 aliphatic carbocycles. The molecule has 1 heterocycles. The van der Waals surface area contributed by atoms with Crippen molar-refractivity contribution in [3.05, 3.63) is 77.4 Å². The molecule has 0 saturated carbocycles. The van der Waals surface area contributed by atoms with E-state index in [1.807, 2.05) is 68.8 Å². The van der Waals surface area contributed by atoms with Crippen LogP contribution in [0.5, 0.6) is 0 Å². The first-order valence-corrected chi connectivity index (χ1v) is 13.1. The molecule has 7 nitrogen and oxygen atoms in total. The lowest BCUT2D eigenvalue weighted by molar-refractivity contribution is 0.0773. The second-order valence-electron chi connectivity index (χ2n) is 8.63. The van der Waals surface area contributed by atoms with E-state index in [2.05, 4.69) is 4.72 Å². The number of imidazole rings is 1. The number of anilines is 1. The van der Waals surface area contributed by atoms with Crippen LogP contribution in [0, 0.1) is 13.8 Å². The number of hydrogen-bond donors (Lipinski definition) is 1. The summed E-state index contributed by atoms with van der Waals surface area (Å²) in [4.78, 5) is 19.4. The van der Waals surface area contributed by atoms with E-state index >= 15 is 0 Å². The minimum Gasteiger partial charge on any atom is -0.339 e. The number of nitrogens with one attached hydrogen (secondary N) is 1. The standard InChI is InChI=1S/C27H30N4O3S/c1-6-31(7-2)27(32)21-12-10-20(11-13-21)26-28-23-17-22(14-15-24(23)30(26)5)29-35(33,34)25-16-18(3)8-9-19(25)4/h8-17,29H,6-7H2,1-5H3. The van der Waals surface area contributed by atoms with Crippen LogP contribution >= 0.6 is 0 Å². The van der Waals surface area contributed by atoms with Crippen LogP contribution in [0.3, 0.4) is 0 Å². The van der Waals surface area contributed by atoms with Gasteiger partial charge in [-0.3, -0.25) is 9.52 Å². The van der Waals surface area contributed by atoms with Crippen molar-refractivity contribution in [2.45, 2.75) is 32.6 Å². The molecular weight excluding hydrogens is 460 g/mol. The number of aromatic nitrogens is 2. The van der Waals surface area contributed by atoms with Gasteiger partial charge in [0.25, 0.3) is 15.9 Å². The molecule has 182 valence electrons. The number of benzene rings is 3. The predicted molar refractivity (Wildman–Crippen MR) is 140 cm³/mol. The van der Waals surface area contributed by atoms with Crippen LogP contribution < -0.4 is 4.72 Å². The first kappa shape index (κ1) is 24.5. The number of rotatable bonds is 7. The van der Waals surface area contributed by atoms with Crippen LogP contribution in [-0.4, -0.2) is 41.9 Å². The van der Waals surface area contributed by atoms with Crippen molar-refractivity contribution in [2.75, 3.05) is 17.8 Å². The largest absolute Gasteiger partial charge is 0.339 e. The summed E-state index contributed by atoms with van der Waals surface area (Å²) in [5, 5.41) is 0. The monoisotopic (exact) mass is 490 g/mol. The highest BCUT2D eigenvalue weighted by Crippen LogP contribution is 2.28. The maximum atomic E-state index is 13.0. The van der Waals surface area contributed by atoms with Crippen LogP contribution in [-0.2, 0) is 17.1 Å². The predicted octanol–water partition coefficient (Wildman–Crippen LogP) is 5.14. The van der Waals surface area contributed by atoms with Crippen LogP contribution in [0.25, 0.3) is 22.4 Å². The highest BCUT2D eigenvalue weighted by atomic mass is 32.2. The summed E-state index contributed by atoms with van der Waals surface area (Å²) in [5.41, 5.74) is 5.07. The van der Waals surface area contributed by atoms with Crippen molar-refractivity contribution in [3.8, 4) is 11.4 Å². The summed E-state index contributed by atoms with van der Waals surface area (Å²) in [6.07, 6.45) is 0. The molecular formula is C27H30N4O3S. The van der Waals surface area contributed by atoms with Crippen molar-refractivity contribution in [3.63, 3.8) is 0 Å². The summed E-state index contributed by atoms with van der Waals surface area (Å²) >= 11 is 0. The molecule has 0 bridgehead atoms. The Morgan fingerprint density at radius 3 is 2.31 bits per heavy atom. The molecule has 8 heteroatoms. The fraction of sp³-hybridized carbons (Fsp3) is 0.259. The first-order valence-electron chi connectivity index (χ1n) is 11.6. The van der Waals surface area contributed by atoms with Gasteiger partial charge in [0.05, 0.1) is 21.6 Å². The number of aryl methyl sites for hydroxylation is 3. The van der Waals surface area contributed by atoms with Crippen molar-refractivity contribution in [2.24, 2.45) is 7.05 Å². The van der Waals surface area contributed by atoms with Gasteiger partial charge < -0.3 is 9.47 Å². The van der Waals surface area contributed by atoms with Gasteiger partial charge in [-0.25, -0.2) is 13.4 Å². The Labute approximate surface area is 206 Å². The van der Waals surface area contributed by atoms with E-state index in [1.165, 1.54) is 0 Å². The maximum absolute atomic E-state index is 13.0. The average molecular weight is 491 g/mol. The van der Waals surface area contributed by atoms with E-state index in [4.69, 9.17) is 4.98 Å². The smallest absolute Gasteiger partial charge is 0.262 e. The Balaban J connectivity index is 1.64. The van der Waals surface area contributed by atoms with Crippen molar-refractivity contribution in [1.29, 1.82) is 0 Å². The first-order chi connectivity index (χ1) is 16.6. The van der Waals surface area contributed by atoms with E-state index in [9.17, 15) is 13.2 Å². The zero-order valence-electron chi connectivity index (χ0n) is 20.7. The molecule has 1 amide bonds. The lowest BCUT2D eigenvalue weighted by atomic mass is 10.1. The van der Waals surface area contributed by atoms with Crippen molar-refractivity contribution in [1.82, 2.24) is 14.5 Å². The van der Waals surface area contributed by atoms with Gasteiger partial charge >= 0.3 is 0 Å². The molecule has 0 fully saturated rings. The molecule has 1 aromatic heterocycles. The molecule has 4 aromatic rings. The maximum Gasteiger partial charge on any atom is 0.262 e. The Kier molecular flexibility index (Phi) is 6.67. The fourth-order valence-corrected chi connectivity index (χ4v) is 5.56. The SMILES string of the molecule is CCN(CC)C(=O)c1ccc(-c2nc3cc(NS(=O)(=O)c4cc(C)ccc4C)ccc3n2C)cc1. The highest BCUT2D eigenvalue weighted by Gasteiger charge is 2.19. The lowest BCUT2D eigenvalue weighted by Crippen LogP contribution is -2.30. The number of hydrogen-bond acceptors (Lipinski definition) is 4. The van der Waals surface area contributed by atoms with Gasteiger partial charge in [0.1, 0.15) is 5.82 Å². The molecule has 4 rings (SSSR count). The highest BCUT2D eigenvalue weighted by molar-refractivity contribution is 7.92. The normalized spacial score (nSPS) is 11.6. The van der Waals surface area contributed by atoms with Gasteiger partial charge in [-0.2, -0.15) is 0 Å². The molecule has 0 aliphatic rings. The number of sulfonamides is 1. The van der Waals surface area contributed by atoms with E-state index in [0.717, 1.165) is 22.5 Å². The molecule has 0 saturated heterocycles. The number of carbonyl (C=O) groups is 1. The van der Waals surface area contributed by atoms with E-state index in [0.29, 0.717) is 35.4 Å².